The summed E-state index contributed by atoms with van der Waals surface area (Å²) in [7, 11) is 0. The molecule has 1 aromatic carbocycles. The predicted molar refractivity (Wildman–Crippen MR) is 76.3 cm³/mol. The van der Waals surface area contributed by atoms with E-state index in [4.69, 9.17) is 23.2 Å². The van der Waals surface area contributed by atoms with Gasteiger partial charge in [0, 0.05) is 16.4 Å². The largest absolute Gasteiger partial charge is 0.351 e. The number of carbonyl (C=O) groups is 1. The third-order valence-electron chi connectivity index (χ3n) is 2.35. The number of hydrogen-bond acceptors (Lipinski definition) is 1. The van der Waals surface area contributed by atoms with Crippen LogP contribution in [-0.4, -0.2) is 17.3 Å². The molecule has 0 heterocycles. The Morgan fingerprint density at radius 2 is 2.06 bits per heavy atom. The molecule has 1 amide bonds. The molecule has 1 rings (SSSR count). The average Bonchev–Trinajstić information content (AvgIpc) is 2.28. The first-order valence-electron chi connectivity index (χ1n) is 5.29. The van der Waals surface area contributed by atoms with E-state index in [2.05, 4.69) is 35.1 Å². The highest BCUT2D eigenvalue weighted by Crippen LogP contribution is 2.20. The summed E-state index contributed by atoms with van der Waals surface area (Å²) in [6.45, 7) is 4.72. The first kappa shape index (κ1) is 14.8. The lowest BCUT2D eigenvalue weighted by atomic mass is 10.1. The van der Waals surface area contributed by atoms with Gasteiger partial charge in [-0.2, -0.15) is 0 Å². The van der Waals surface area contributed by atoms with Crippen LogP contribution in [0.5, 0.6) is 0 Å². The minimum atomic E-state index is -0.206. The minimum Gasteiger partial charge on any atom is -0.351 e. The van der Waals surface area contributed by atoms with Crippen LogP contribution in [-0.2, 0) is 0 Å². The smallest absolute Gasteiger partial charge is 0.252 e. The van der Waals surface area contributed by atoms with Gasteiger partial charge in [-0.05, 0) is 24.1 Å². The number of nitrogens with one attached hydrogen (secondary N) is 1. The summed E-state index contributed by atoms with van der Waals surface area (Å²) in [4.78, 5) is 12.1. The third kappa shape index (κ3) is 4.49. The molecule has 0 bridgehead atoms. The zero-order valence-electron chi connectivity index (χ0n) is 9.64. The summed E-state index contributed by atoms with van der Waals surface area (Å²) >= 11 is 15.3. The van der Waals surface area contributed by atoms with Gasteiger partial charge in [0.05, 0.1) is 10.6 Å². The zero-order chi connectivity index (χ0) is 13.0. The predicted octanol–water partition coefficient (Wildman–Crippen LogP) is 4.14. The number of carbonyl (C=O) groups excluding carboxylic acids is 1. The summed E-state index contributed by atoms with van der Waals surface area (Å²) in [6, 6.07) is 4.84. The number of rotatable bonds is 4. The topological polar surface area (TPSA) is 29.1 Å². The second-order valence-electron chi connectivity index (χ2n) is 4.09. The van der Waals surface area contributed by atoms with Crippen LogP contribution in [0.15, 0.2) is 18.2 Å². The van der Waals surface area contributed by atoms with Crippen LogP contribution < -0.4 is 5.32 Å². The summed E-state index contributed by atoms with van der Waals surface area (Å²) in [5, 5.41) is 3.72. The Morgan fingerprint density at radius 1 is 1.41 bits per heavy atom. The monoisotopic (exact) mass is 337 g/mol. The van der Waals surface area contributed by atoms with Crippen LogP contribution in [0.1, 0.15) is 24.2 Å². The minimum absolute atomic E-state index is 0.206. The number of alkyl halides is 1. The Balaban J connectivity index is 2.67. The molecule has 94 valence electrons. The van der Waals surface area contributed by atoms with Crippen LogP contribution in [0.25, 0.3) is 0 Å². The average molecular weight is 339 g/mol. The van der Waals surface area contributed by atoms with Gasteiger partial charge in [-0.25, -0.2) is 0 Å². The van der Waals surface area contributed by atoms with Gasteiger partial charge < -0.3 is 5.32 Å². The SMILES string of the molecule is CC(C)C(Br)CNC(=O)c1cc(Cl)ccc1Cl. The molecule has 5 heteroatoms. The first-order valence-corrected chi connectivity index (χ1v) is 6.96. The molecule has 17 heavy (non-hydrogen) atoms. The van der Waals surface area contributed by atoms with Crippen molar-refractivity contribution < 1.29 is 4.79 Å². The highest BCUT2D eigenvalue weighted by atomic mass is 79.9. The van der Waals surface area contributed by atoms with E-state index < -0.39 is 0 Å². The fraction of sp³-hybridized carbons (Fsp3) is 0.417. The van der Waals surface area contributed by atoms with E-state index in [1.807, 2.05) is 0 Å². The highest BCUT2D eigenvalue weighted by molar-refractivity contribution is 9.09. The Kier molecular flexibility index (Phi) is 5.77. The summed E-state index contributed by atoms with van der Waals surface area (Å²) < 4.78 is 0. The molecule has 0 saturated carbocycles. The van der Waals surface area contributed by atoms with Crippen LogP contribution in [0.3, 0.4) is 0 Å². The Hall–Kier alpha value is -0.250. The van der Waals surface area contributed by atoms with E-state index in [9.17, 15) is 4.79 Å². The molecular formula is C12H14BrCl2NO. The molecule has 0 spiro atoms. The van der Waals surface area contributed by atoms with Gasteiger partial charge >= 0.3 is 0 Å². The lowest BCUT2D eigenvalue weighted by molar-refractivity contribution is 0.0953. The maximum Gasteiger partial charge on any atom is 0.252 e. The van der Waals surface area contributed by atoms with Crippen molar-refractivity contribution in [1.82, 2.24) is 5.32 Å². The molecule has 0 saturated heterocycles. The lowest BCUT2D eigenvalue weighted by Crippen LogP contribution is -2.31. The maximum atomic E-state index is 11.9. The molecule has 1 atom stereocenters. The second-order valence-corrected chi connectivity index (χ2v) is 6.11. The standard InChI is InChI=1S/C12H14BrCl2NO/c1-7(2)10(13)6-16-12(17)9-5-8(14)3-4-11(9)15/h3-5,7,10H,6H2,1-2H3,(H,16,17). The van der Waals surface area contributed by atoms with Gasteiger partial charge in [0.25, 0.3) is 5.91 Å². The van der Waals surface area contributed by atoms with Crippen LogP contribution in [0.2, 0.25) is 10.0 Å². The van der Waals surface area contributed by atoms with Crippen LogP contribution in [0, 0.1) is 5.92 Å². The number of hydrogen-bond donors (Lipinski definition) is 1. The Bertz CT molecular complexity index is 409. The van der Waals surface area contributed by atoms with E-state index in [1.54, 1.807) is 18.2 Å². The summed E-state index contributed by atoms with van der Waals surface area (Å²) in [5.41, 5.74) is 0.405. The normalized spacial score (nSPS) is 12.6. The van der Waals surface area contributed by atoms with Gasteiger partial charge in [0.15, 0.2) is 0 Å². The molecule has 0 aliphatic heterocycles. The van der Waals surface area contributed by atoms with Crippen molar-refractivity contribution >= 4 is 45.0 Å². The lowest BCUT2D eigenvalue weighted by Gasteiger charge is -2.14. The number of amides is 1. The van der Waals surface area contributed by atoms with Gasteiger partial charge in [0.1, 0.15) is 0 Å². The molecule has 0 aliphatic rings. The Morgan fingerprint density at radius 3 is 2.65 bits per heavy atom. The number of halogens is 3. The highest BCUT2D eigenvalue weighted by Gasteiger charge is 2.14. The van der Waals surface area contributed by atoms with Gasteiger partial charge in [0.2, 0.25) is 0 Å². The van der Waals surface area contributed by atoms with Crippen molar-refractivity contribution in [3.63, 3.8) is 0 Å². The third-order valence-corrected chi connectivity index (χ3v) is 4.30. The molecule has 0 aromatic heterocycles. The number of benzene rings is 1. The molecule has 2 nitrogen and oxygen atoms in total. The maximum absolute atomic E-state index is 11.9. The quantitative estimate of drug-likeness (QED) is 0.821. The molecule has 1 unspecified atom stereocenters. The van der Waals surface area contributed by atoms with Crippen molar-refractivity contribution in [1.29, 1.82) is 0 Å². The molecule has 0 fully saturated rings. The van der Waals surface area contributed by atoms with Gasteiger partial charge in [-0.15, -0.1) is 0 Å². The van der Waals surface area contributed by atoms with Crippen molar-refractivity contribution in [3.05, 3.63) is 33.8 Å². The van der Waals surface area contributed by atoms with Crippen molar-refractivity contribution in [2.45, 2.75) is 18.7 Å². The molecule has 1 N–H and O–H groups in total. The fourth-order valence-electron chi connectivity index (χ4n) is 1.19. The van der Waals surface area contributed by atoms with E-state index in [0.717, 1.165) is 0 Å². The molecule has 0 radical (unpaired) electrons. The summed E-state index contributed by atoms with van der Waals surface area (Å²) in [6.07, 6.45) is 0. The van der Waals surface area contributed by atoms with Crippen LogP contribution >= 0.6 is 39.1 Å². The van der Waals surface area contributed by atoms with E-state index in [1.165, 1.54) is 0 Å². The molecule has 0 aliphatic carbocycles. The van der Waals surface area contributed by atoms with Gasteiger partial charge in [-0.1, -0.05) is 53.0 Å². The van der Waals surface area contributed by atoms with Crippen molar-refractivity contribution in [3.8, 4) is 0 Å². The van der Waals surface area contributed by atoms with E-state index in [0.29, 0.717) is 28.1 Å². The molecular weight excluding hydrogens is 325 g/mol. The van der Waals surface area contributed by atoms with Gasteiger partial charge in [-0.3, -0.25) is 4.79 Å². The second kappa shape index (κ2) is 6.62. The van der Waals surface area contributed by atoms with E-state index >= 15 is 0 Å². The zero-order valence-corrected chi connectivity index (χ0v) is 12.7. The van der Waals surface area contributed by atoms with Crippen LogP contribution in [0.4, 0.5) is 0 Å². The van der Waals surface area contributed by atoms with E-state index in [-0.39, 0.29) is 10.7 Å². The summed E-state index contributed by atoms with van der Waals surface area (Å²) in [5.74, 6) is 0.243. The van der Waals surface area contributed by atoms with Crippen molar-refractivity contribution in [2.24, 2.45) is 5.92 Å². The van der Waals surface area contributed by atoms with Crippen molar-refractivity contribution in [2.75, 3.05) is 6.54 Å². The fourth-order valence-corrected chi connectivity index (χ4v) is 1.73. The first-order chi connectivity index (χ1) is 7.91. The Labute approximate surface area is 120 Å². The molecule has 1 aromatic rings.